The zero-order valence-electron chi connectivity index (χ0n) is 13.6. The molecule has 6 heteroatoms. The number of hydrogen-bond acceptors (Lipinski definition) is 4. The second-order valence-electron chi connectivity index (χ2n) is 6.15. The molecule has 0 saturated carbocycles. The molecule has 4 rings (SSSR count). The standard InChI is InChI=1S/C19H17ClN2O2S/c20-13-7-2-3-8-14(13)22-18(23)16(15-9-6-12-25-15)17(19(22)24)21-10-4-1-5-11-21/h2-3,6-9,12H,1,4-5,10-11H2. The minimum Gasteiger partial charge on any atom is -0.366 e. The van der Waals surface area contributed by atoms with Crippen molar-refractivity contribution in [3.8, 4) is 0 Å². The topological polar surface area (TPSA) is 40.6 Å². The molecule has 0 aliphatic carbocycles. The molecule has 0 atom stereocenters. The van der Waals surface area contributed by atoms with E-state index in [-0.39, 0.29) is 11.8 Å². The fraction of sp³-hybridized carbons (Fsp3) is 0.263. The number of likely N-dealkylation sites (tertiary alicyclic amines) is 1. The number of piperidine rings is 1. The first-order valence-electron chi connectivity index (χ1n) is 8.35. The van der Waals surface area contributed by atoms with Crippen LogP contribution in [-0.2, 0) is 9.59 Å². The van der Waals surface area contributed by atoms with E-state index in [0.29, 0.717) is 22.0 Å². The largest absolute Gasteiger partial charge is 0.366 e. The second kappa shape index (κ2) is 6.65. The molecule has 1 aromatic carbocycles. The van der Waals surface area contributed by atoms with Gasteiger partial charge in [-0.2, -0.15) is 0 Å². The molecule has 4 nitrogen and oxygen atoms in total. The van der Waals surface area contributed by atoms with Gasteiger partial charge in [-0.05, 0) is 42.8 Å². The van der Waals surface area contributed by atoms with Crippen molar-refractivity contribution in [2.75, 3.05) is 18.0 Å². The summed E-state index contributed by atoms with van der Waals surface area (Å²) in [6, 6.07) is 10.8. The Morgan fingerprint density at radius 1 is 0.920 bits per heavy atom. The quantitative estimate of drug-likeness (QED) is 0.759. The van der Waals surface area contributed by atoms with Gasteiger partial charge in [0.25, 0.3) is 11.8 Å². The van der Waals surface area contributed by atoms with E-state index in [2.05, 4.69) is 4.90 Å². The normalized spacial score (nSPS) is 18.4. The van der Waals surface area contributed by atoms with Crippen molar-refractivity contribution in [1.82, 2.24) is 4.90 Å². The highest BCUT2D eigenvalue weighted by Gasteiger charge is 2.43. The lowest BCUT2D eigenvalue weighted by atomic mass is 10.1. The molecule has 2 aromatic rings. The van der Waals surface area contributed by atoms with Crippen molar-refractivity contribution in [3.63, 3.8) is 0 Å². The summed E-state index contributed by atoms with van der Waals surface area (Å²) >= 11 is 7.74. The van der Waals surface area contributed by atoms with Crippen LogP contribution in [0.5, 0.6) is 0 Å². The van der Waals surface area contributed by atoms with E-state index in [1.54, 1.807) is 24.3 Å². The minimum absolute atomic E-state index is 0.275. The summed E-state index contributed by atoms with van der Waals surface area (Å²) in [5.74, 6) is -0.565. The Morgan fingerprint density at radius 3 is 2.36 bits per heavy atom. The maximum Gasteiger partial charge on any atom is 0.282 e. The molecule has 0 unspecified atom stereocenters. The number of hydrogen-bond donors (Lipinski definition) is 0. The monoisotopic (exact) mass is 372 g/mol. The molecule has 1 fully saturated rings. The van der Waals surface area contributed by atoms with Gasteiger partial charge in [-0.25, -0.2) is 4.90 Å². The van der Waals surface area contributed by atoms with Crippen LogP contribution in [0.15, 0.2) is 47.5 Å². The van der Waals surface area contributed by atoms with Crippen molar-refractivity contribution < 1.29 is 9.59 Å². The van der Waals surface area contributed by atoms with E-state index in [9.17, 15) is 9.59 Å². The molecular formula is C19H17ClN2O2S. The molecular weight excluding hydrogens is 356 g/mol. The summed E-state index contributed by atoms with van der Waals surface area (Å²) in [5.41, 5.74) is 1.47. The number of halogens is 1. The Hall–Kier alpha value is -2.11. The number of amides is 2. The Kier molecular flexibility index (Phi) is 4.36. The van der Waals surface area contributed by atoms with Crippen LogP contribution >= 0.6 is 22.9 Å². The summed E-state index contributed by atoms with van der Waals surface area (Å²) in [5, 5.41) is 2.32. The first-order chi connectivity index (χ1) is 12.2. The fourth-order valence-electron chi connectivity index (χ4n) is 3.42. The Bertz CT molecular complexity index is 854. The molecule has 2 aliphatic rings. The first kappa shape index (κ1) is 16.4. The van der Waals surface area contributed by atoms with E-state index in [1.165, 1.54) is 16.2 Å². The van der Waals surface area contributed by atoms with Gasteiger partial charge in [0.1, 0.15) is 5.70 Å². The zero-order valence-corrected chi connectivity index (χ0v) is 15.1. The third-order valence-electron chi connectivity index (χ3n) is 4.59. The molecule has 128 valence electrons. The van der Waals surface area contributed by atoms with Gasteiger partial charge in [0.05, 0.1) is 16.3 Å². The van der Waals surface area contributed by atoms with Gasteiger partial charge in [0.2, 0.25) is 0 Å². The lowest BCUT2D eigenvalue weighted by Gasteiger charge is -2.29. The summed E-state index contributed by atoms with van der Waals surface area (Å²) in [6.07, 6.45) is 3.23. The van der Waals surface area contributed by atoms with Gasteiger partial charge in [-0.3, -0.25) is 9.59 Å². The van der Waals surface area contributed by atoms with Crippen molar-refractivity contribution >= 4 is 46.0 Å². The highest BCUT2D eigenvalue weighted by atomic mass is 35.5. The van der Waals surface area contributed by atoms with Crippen LogP contribution in [0.1, 0.15) is 24.1 Å². The van der Waals surface area contributed by atoms with E-state index < -0.39 is 0 Å². The van der Waals surface area contributed by atoms with Crippen LogP contribution in [0.3, 0.4) is 0 Å². The van der Waals surface area contributed by atoms with Crippen LogP contribution in [0.25, 0.3) is 5.57 Å². The van der Waals surface area contributed by atoms with E-state index in [4.69, 9.17) is 11.6 Å². The van der Waals surface area contributed by atoms with Crippen molar-refractivity contribution in [2.45, 2.75) is 19.3 Å². The van der Waals surface area contributed by atoms with Crippen LogP contribution in [0, 0.1) is 0 Å². The average molecular weight is 373 g/mol. The molecule has 25 heavy (non-hydrogen) atoms. The lowest BCUT2D eigenvalue weighted by Crippen LogP contribution is -2.37. The van der Waals surface area contributed by atoms with E-state index >= 15 is 0 Å². The smallest absolute Gasteiger partial charge is 0.282 e. The molecule has 3 heterocycles. The number of imide groups is 1. The van der Waals surface area contributed by atoms with Gasteiger partial charge in [0, 0.05) is 18.0 Å². The predicted molar refractivity (Wildman–Crippen MR) is 101 cm³/mol. The highest BCUT2D eigenvalue weighted by Crippen LogP contribution is 2.39. The minimum atomic E-state index is -0.291. The summed E-state index contributed by atoms with van der Waals surface area (Å²) in [6.45, 7) is 1.61. The van der Waals surface area contributed by atoms with Gasteiger partial charge in [0.15, 0.2) is 0 Å². The number of para-hydroxylation sites is 1. The number of anilines is 1. The number of carbonyl (C=O) groups is 2. The fourth-order valence-corrected chi connectivity index (χ4v) is 4.41. The Balaban J connectivity index is 1.83. The number of carbonyl (C=O) groups excluding carboxylic acids is 2. The van der Waals surface area contributed by atoms with Gasteiger partial charge in [-0.15, -0.1) is 11.3 Å². The molecule has 0 radical (unpaired) electrons. The van der Waals surface area contributed by atoms with Crippen molar-refractivity contribution in [2.24, 2.45) is 0 Å². The Morgan fingerprint density at radius 2 is 1.68 bits per heavy atom. The second-order valence-corrected chi connectivity index (χ2v) is 7.50. The molecule has 0 spiro atoms. The first-order valence-corrected chi connectivity index (χ1v) is 9.60. The zero-order chi connectivity index (χ0) is 17.4. The summed E-state index contributed by atoms with van der Waals surface area (Å²) in [4.78, 5) is 30.5. The number of thiophene rings is 1. The van der Waals surface area contributed by atoms with Crippen LogP contribution in [0.2, 0.25) is 5.02 Å². The SMILES string of the molecule is O=C1C(c2cccs2)=C(N2CCCCC2)C(=O)N1c1ccccc1Cl. The molecule has 2 aliphatic heterocycles. The number of nitrogens with zero attached hydrogens (tertiary/aromatic N) is 2. The summed E-state index contributed by atoms with van der Waals surface area (Å²) < 4.78 is 0. The van der Waals surface area contributed by atoms with E-state index in [0.717, 1.165) is 37.2 Å². The van der Waals surface area contributed by atoms with Gasteiger partial charge in [-0.1, -0.05) is 29.8 Å². The van der Waals surface area contributed by atoms with Crippen molar-refractivity contribution in [3.05, 3.63) is 57.4 Å². The predicted octanol–water partition coefficient (Wildman–Crippen LogP) is 4.17. The van der Waals surface area contributed by atoms with Crippen molar-refractivity contribution in [1.29, 1.82) is 0 Å². The van der Waals surface area contributed by atoms with Crippen LogP contribution < -0.4 is 4.90 Å². The molecule has 2 amide bonds. The Labute approximate surface area is 155 Å². The van der Waals surface area contributed by atoms with Crippen LogP contribution in [-0.4, -0.2) is 29.8 Å². The number of benzene rings is 1. The van der Waals surface area contributed by atoms with Gasteiger partial charge >= 0.3 is 0 Å². The molecule has 1 aromatic heterocycles. The maximum absolute atomic E-state index is 13.2. The highest BCUT2D eigenvalue weighted by molar-refractivity contribution is 7.11. The lowest BCUT2D eigenvalue weighted by molar-refractivity contribution is -0.120. The molecule has 0 N–H and O–H groups in total. The number of rotatable bonds is 3. The average Bonchev–Trinajstić information content (AvgIpc) is 3.23. The molecule has 0 bridgehead atoms. The maximum atomic E-state index is 13.2. The van der Waals surface area contributed by atoms with Crippen LogP contribution in [0.4, 0.5) is 5.69 Å². The third-order valence-corrected chi connectivity index (χ3v) is 5.80. The third kappa shape index (κ3) is 2.77. The van der Waals surface area contributed by atoms with Gasteiger partial charge < -0.3 is 4.90 Å². The summed E-state index contributed by atoms with van der Waals surface area (Å²) in [7, 11) is 0. The molecule has 1 saturated heterocycles. The van der Waals surface area contributed by atoms with E-state index in [1.807, 2.05) is 17.5 Å².